The Kier molecular flexibility index (Phi) is 5.22. The second kappa shape index (κ2) is 7.13. The summed E-state index contributed by atoms with van der Waals surface area (Å²) in [6, 6.07) is 7.00. The predicted molar refractivity (Wildman–Crippen MR) is 84.0 cm³/mol. The van der Waals surface area contributed by atoms with E-state index in [9.17, 15) is 4.79 Å². The van der Waals surface area contributed by atoms with E-state index in [1.54, 1.807) is 6.07 Å². The normalized spacial score (nSPS) is 11.1. The monoisotopic (exact) mass is 273 g/mol. The highest BCUT2D eigenvalue weighted by Gasteiger charge is 2.06. The molecule has 0 bridgehead atoms. The molecule has 0 radical (unpaired) electrons. The molecule has 1 heterocycles. The molecule has 0 aliphatic rings. The molecule has 3 heteroatoms. The Hall–Kier alpha value is -1.77. The summed E-state index contributed by atoms with van der Waals surface area (Å²) in [5.41, 5.74) is 8.09. The number of aryl methyl sites for hydroxylation is 1. The van der Waals surface area contributed by atoms with Gasteiger partial charge >= 0.3 is 5.63 Å². The molecule has 2 aromatic rings. The molecule has 0 fully saturated rings. The van der Waals surface area contributed by atoms with Gasteiger partial charge in [0, 0.05) is 17.1 Å². The smallest absolute Gasteiger partial charge is 0.336 e. The van der Waals surface area contributed by atoms with Crippen LogP contribution < -0.4 is 11.4 Å². The lowest BCUT2D eigenvalue weighted by molar-refractivity contribution is 0.553. The highest BCUT2D eigenvalue weighted by Crippen LogP contribution is 2.23. The molecule has 0 amide bonds. The van der Waals surface area contributed by atoms with Crippen LogP contribution >= 0.6 is 0 Å². The fourth-order valence-electron chi connectivity index (χ4n) is 2.56. The average Bonchev–Trinajstić information content (AvgIpc) is 2.43. The van der Waals surface area contributed by atoms with Crippen LogP contribution in [-0.2, 0) is 6.42 Å². The number of nitrogens with two attached hydrogens (primary N) is 1. The van der Waals surface area contributed by atoms with E-state index >= 15 is 0 Å². The maximum absolute atomic E-state index is 11.4. The summed E-state index contributed by atoms with van der Waals surface area (Å²) < 4.78 is 5.33. The minimum Gasteiger partial charge on any atom is -0.422 e. The molecule has 0 atom stereocenters. The van der Waals surface area contributed by atoms with E-state index in [4.69, 9.17) is 10.2 Å². The minimum absolute atomic E-state index is 0.300. The zero-order valence-electron chi connectivity index (χ0n) is 12.2. The number of unbranched alkanes of at least 4 members (excludes halogenated alkanes) is 5. The predicted octanol–water partition coefficient (Wildman–Crippen LogP) is 4.28. The Morgan fingerprint density at radius 3 is 2.60 bits per heavy atom. The van der Waals surface area contributed by atoms with Gasteiger partial charge in [0.05, 0.1) is 0 Å². The van der Waals surface area contributed by atoms with E-state index < -0.39 is 0 Å². The first kappa shape index (κ1) is 14.6. The molecule has 1 aromatic heterocycles. The van der Waals surface area contributed by atoms with Gasteiger partial charge in [0.15, 0.2) is 0 Å². The second-order valence-corrected chi connectivity index (χ2v) is 5.37. The van der Waals surface area contributed by atoms with Crippen LogP contribution in [0.25, 0.3) is 11.0 Å². The maximum Gasteiger partial charge on any atom is 0.336 e. The molecule has 108 valence electrons. The molecule has 20 heavy (non-hydrogen) atoms. The number of hydrogen-bond acceptors (Lipinski definition) is 3. The Labute approximate surface area is 119 Å². The van der Waals surface area contributed by atoms with E-state index in [-0.39, 0.29) is 5.63 Å². The van der Waals surface area contributed by atoms with Crippen molar-refractivity contribution in [3.05, 3.63) is 40.2 Å². The number of hydrogen-bond donors (Lipinski definition) is 1. The summed E-state index contributed by atoms with van der Waals surface area (Å²) in [5, 5.41) is 0.908. The molecule has 2 N–H and O–H groups in total. The second-order valence-electron chi connectivity index (χ2n) is 5.37. The molecule has 0 saturated heterocycles. The maximum atomic E-state index is 11.4. The zero-order chi connectivity index (χ0) is 14.4. The SMILES string of the molecule is CCCCCCCCc1cc(N)cc2ccc(=O)oc12. The van der Waals surface area contributed by atoms with Gasteiger partial charge < -0.3 is 10.2 Å². The summed E-state index contributed by atoms with van der Waals surface area (Å²) in [7, 11) is 0. The molecule has 0 unspecified atom stereocenters. The number of rotatable bonds is 7. The first-order valence-electron chi connectivity index (χ1n) is 7.53. The molecule has 3 nitrogen and oxygen atoms in total. The van der Waals surface area contributed by atoms with Crippen LogP contribution in [0.5, 0.6) is 0 Å². The van der Waals surface area contributed by atoms with Crippen LogP contribution in [0.15, 0.2) is 33.5 Å². The molecule has 1 aromatic carbocycles. The first-order chi connectivity index (χ1) is 9.70. The van der Waals surface area contributed by atoms with Gasteiger partial charge in [-0.25, -0.2) is 4.79 Å². The third kappa shape index (κ3) is 3.86. The Balaban J connectivity index is 2.05. The van der Waals surface area contributed by atoms with E-state index in [1.165, 1.54) is 38.2 Å². The lowest BCUT2D eigenvalue weighted by Gasteiger charge is -2.07. The Morgan fingerprint density at radius 2 is 1.80 bits per heavy atom. The zero-order valence-corrected chi connectivity index (χ0v) is 12.2. The number of fused-ring (bicyclic) bond motifs is 1. The molecular formula is C17H23NO2. The third-order valence-electron chi connectivity index (χ3n) is 3.62. The van der Waals surface area contributed by atoms with E-state index in [0.717, 1.165) is 29.5 Å². The van der Waals surface area contributed by atoms with Crippen LogP contribution in [0.4, 0.5) is 5.69 Å². The third-order valence-corrected chi connectivity index (χ3v) is 3.62. The van der Waals surface area contributed by atoms with Crippen LogP contribution in [0.1, 0.15) is 51.0 Å². The number of nitrogen functional groups attached to an aromatic ring is 1. The largest absolute Gasteiger partial charge is 0.422 e. The van der Waals surface area contributed by atoms with Crippen LogP contribution in [0.3, 0.4) is 0 Å². The first-order valence-corrected chi connectivity index (χ1v) is 7.53. The van der Waals surface area contributed by atoms with Crippen LogP contribution in [0.2, 0.25) is 0 Å². The Morgan fingerprint density at radius 1 is 1.05 bits per heavy atom. The molecule has 0 spiro atoms. The van der Waals surface area contributed by atoms with Gasteiger partial charge in [-0.1, -0.05) is 39.0 Å². The van der Waals surface area contributed by atoms with Crippen molar-refractivity contribution < 1.29 is 4.42 Å². The lowest BCUT2D eigenvalue weighted by Crippen LogP contribution is -1.99. The summed E-state index contributed by atoms with van der Waals surface area (Å²) in [4.78, 5) is 11.4. The van der Waals surface area contributed by atoms with E-state index in [1.807, 2.05) is 12.1 Å². The molecule has 0 saturated carbocycles. The van der Waals surface area contributed by atoms with Gasteiger partial charge in [0.1, 0.15) is 5.58 Å². The van der Waals surface area contributed by atoms with Crippen molar-refractivity contribution in [3.8, 4) is 0 Å². The van der Waals surface area contributed by atoms with E-state index in [2.05, 4.69) is 6.92 Å². The summed E-state index contributed by atoms with van der Waals surface area (Å²) in [6.45, 7) is 2.22. The van der Waals surface area contributed by atoms with Crippen molar-refractivity contribution in [1.82, 2.24) is 0 Å². The van der Waals surface area contributed by atoms with Crippen molar-refractivity contribution in [2.75, 3.05) is 5.73 Å². The quantitative estimate of drug-likeness (QED) is 0.465. The number of anilines is 1. The highest BCUT2D eigenvalue weighted by atomic mass is 16.4. The van der Waals surface area contributed by atoms with Gasteiger partial charge in [-0.15, -0.1) is 0 Å². The summed E-state index contributed by atoms with van der Waals surface area (Å²) in [5.74, 6) is 0. The molecular weight excluding hydrogens is 250 g/mol. The Bertz CT molecular complexity index is 616. The number of benzene rings is 1. The fraction of sp³-hybridized carbons (Fsp3) is 0.471. The van der Waals surface area contributed by atoms with Crippen LogP contribution in [-0.4, -0.2) is 0 Å². The van der Waals surface area contributed by atoms with Gasteiger partial charge in [0.25, 0.3) is 0 Å². The average molecular weight is 273 g/mol. The molecule has 0 aliphatic heterocycles. The molecule has 0 aliphatic carbocycles. The van der Waals surface area contributed by atoms with Crippen molar-refractivity contribution in [2.45, 2.75) is 51.9 Å². The van der Waals surface area contributed by atoms with Gasteiger partial charge in [-0.05, 0) is 36.6 Å². The van der Waals surface area contributed by atoms with Crippen molar-refractivity contribution in [3.63, 3.8) is 0 Å². The standard InChI is InChI=1S/C17H23NO2/c1-2-3-4-5-6-7-8-13-11-15(18)12-14-9-10-16(19)20-17(13)14/h9-12H,2-8,18H2,1H3. The topological polar surface area (TPSA) is 56.2 Å². The van der Waals surface area contributed by atoms with Crippen molar-refractivity contribution >= 4 is 16.7 Å². The summed E-state index contributed by atoms with van der Waals surface area (Å²) in [6.07, 6.45) is 8.41. The van der Waals surface area contributed by atoms with Crippen molar-refractivity contribution in [2.24, 2.45) is 0 Å². The van der Waals surface area contributed by atoms with Gasteiger partial charge in [-0.3, -0.25) is 0 Å². The van der Waals surface area contributed by atoms with Gasteiger partial charge in [0.2, 0.25) is 0 Å². The van der Waals surface area contributed by atoms with Gasteiger partial charge in [-0.2, -0.15) is 0 Å². The fourth-order valence-corrected chi connectivity index (χ4v) is 2.56. The van der Waals surface area contributed by atoms with E-state index in [0.29, 0.717) is 5.58 Å². The lowest BCUT2D eigenvalue weighted by atomic mass is 10.0. The summed E-state index contributed by atoms with van der Waals surface area (Å²) >= 11 is 0. The highest BCUT2D eigenvalue weighted by molar-refractivity contribution is 5.83. The molecule has 2 rings (SSSR count). The van der Waals surface area contributed by atoms with Crippen LogP contribution in [0, 0.1) is 0 Å². The van der Waals surface area contributed by atoms with Crippen molar-refractivity contribution in [1.29, 1.82) is 0 Å². The minimum atomic E-state index is -0.300.